The molecule has 0 aliphatic carbocycles. The smallest absolute Gasteiger partial charge is 0.358 e. The molecule has 0 saturated carbocycles. The average Bonchev–Trinajstić information content (AvgIpc) is 2.61. The van der Waals surface area contributed by atoms with E-state index in [-0.39, 0.29) is 11.7 Å². The summed E-state index contributed by atoms with van der Waals surface area (Å²) < 4.78 is 6.98. The van der Waals surface area contributed by atoms with E-state index < -0.39 is 5.97 Å². The molecule has 82 valence electrons. The number of aromatic carboxylic acids is 1. The van der Waals surface area contributed by atoms with Crippen LogP contribution in [0.4, 0.5) is 0 Å². The Kier molecular flexibility index (Phi) is 2.68. The van der Waals surface area contributed by atoms with Crippen molar-refractivity contribution in [2.24, 2.45) is 0 Å². The largest absolute Gasteiger partial charge is 0.476 e. The van der Waals surface area contributed by atoms with Crippen molar-refractivity contribution < 1.29 is 14.6 Å². The fourth-order valence-electron chi connectivity index (χ4n) is 1.80. The fourth-order valence-corrected chi connectivity index (χ4v) is 1.80. The number of hydrogen-bond acceptors (Lipinski definition) is 4. The fraction of sp³-hybridized carbons (Fsp3) is 0.667. The minimum Gasteiger partial charge on any atom is -0.476 e. The van der Waals surface area contributed by atoms with Crippen molar-refractivity contribution in [1.29, 1.82) is 0 Å². The Bertz CT molecular complexity index is 369. The van der Waals surface area contributed by atoms with Crippen molar-refractivity contribution in [1.82, 2.24) is 15.0 Å². The molecule has 1 aliphatic heterocycles. The summed E-state index contributed by atoms with van der Waals surface area (Å²) in [6.07, 6.45) is 1.94. The van der Waals surface area contributed by atoms with Gasteiger partial charge in [-0.1, -0.05) is 5.21 Å². The Morgan fingerprint density at radius 1 is 1.67 bits per heavy atom. The molecule has 1 aromatic heterocycles. The molecule has 6 heteroatoms. The molecule has 0 spiro atoms. The van der Waals surface area contributed by atoms with E-state index in [1.165, 1.54) is 0 Å². The van der Waals surface area contributed by atoms with Crippen molar-refractivity contribution >= 4 is 5.97 Å². The molecule has 2 rings (SSSR count). The highest BCUT2D eigenvalue weighted by Gasteiger charge is 2.22. The summed E-state index contributed by atoms with van der Waals surface area (Å²) in [5.74, 6) is -1.03. The van der Waals surface area contributed by atoms with Crippen LogP contribution < -0.4 is 0 Å². The maximum atomic E-state index is 10.8. The standard InChI is InChI=1S/C9H13N3O3/c1-6-8(9(13)14)10-11-12(6)7-3-2-4-15-5-7/h7H,2-5H2,1H3,(H,13,14). The van der Waals surface area contributed by atoms with Crippen molar-refractivity contribution in [3.63, 3.8) is 0 Å². The van der Waals surface area contributed by atoms with Gasteiger partial charge in [0.2, 0.25) is 0 Å². The summed E-state index contributed by atoms with van der Waals surface area (Å²) in [5, 5.41) is 16.3. The van der Waals surface area contributed by atoms with E-state index in [1.54, 1.807) is 11.6 Å². The Balaban J connectivity index is 2.24. The van der Waals surface area contributed by atoms with Gasteiger partial charge in [0.05, 0.1) is 18.3 Å². The van der Waals surface area contributed by atoms with Crippen LogP contribution in [0.3, 0.4) is 0 Å². The zero-order valence-corrected chi connectivity index (χ0v) is 8.51. The average molecular weight is 211 g/mol. The van der Waals surface area contributed by atoms with E-state index in [9.17, 15) is 4.79 Å². The van der Waals surface area contributed by atoms with Crippen molar-refractivity contribution in [3.8, 4) is 0 Å². The summed E-state index contributed by atoms with van der Waals surface area (Å²) >= 11 is 0. The third kappa shape index (κ3) is 1.85. The predicted molar refractivity (Wildman–Crippen MR) is 50.8 cm³/mol. The number of carbonyl (C=O) groups is 1. The predicted octanol–water partition coefficient (Wildman–Crippen LogP) is 0.636. The summed E-state index contributed by atoms with van der Waals surface area (Å²) in [4.78, 5) is 10.8. The Morgan fingerprint density at radius 3 is 3.00 bits per heavy atom. The van der Waals surface area contributed by atoms with Gasteiger partial charge in [-0.3, -0.25) is 0 Å². The van der Waals surface area contributed by atoms with E-state index in [0.29, 0.717) is 12.3 Å². The van der Waals surface area contributed by atoms with E-state index >= 15 is 0 Å². The van der Waals surface area contributed by atoms with Gasteiger partial charge in [-0.2, -0.15) is 0 Å². The molecule has 1 aliphatic rings. The second-order valence-corrected chi connectivity index (χ2v) is 3.64. The third-order valence-corrected chi connectivity index (χ3v) is 2.61. The van der Waals surface area contributed by atoms with Gasteiger partial charge in [0.25, 0.3) is 0 Å². The maximum absolute atomic E-state index is 10.8. The summed E-state index contributed by atoms with van der Waals surface area (Å²) in [6.45, 7) is 3.08. The highest BCUT2D eigenvalue weighted by molar-refractivity contribution is 5.86. The minimum atomic E-state index is -1.03. The van der Waals surface area contributed by atoms with Crippen LogP contribution in [0.1, 0.15) is 35.1 Å². The first-order valence-corrected chi connectivity index (χ1v) is 4.93. The topological polar surface area (TPSA) is 77.2 Å². The lowest BCUT2D eigenvalue weighted by molar-refractivity contribution is 0.0534. The summed E-state index contributed by atoms with van der Waals surface area (Å²) in [7, 11) is 0. The molecular formula is C9H13N3O3. The molecular weight excluding hydrogens is 198 g/mol. The minimum absolute atomic E-state index is 0.0283. The molecule has 1 saturated heterocycles. The molecule has 15 heavy (non-hydrogen) atoms. The first-order valence-electron chi connectivity index (χ1n) is 4.93. The quantitative estimate of drug-likeness (QED) is 0.776. The van der Waals surface area contributed by atoms with Gasteiger partial charge < -0.3 is 9.84 Å². The monoisotopic (exact) mass is 211 g/mol. The molecule has 0 amide bonds. The normalized spacial score (nSPS) is 21.5. The number of ether oxygens (including phenoxy) is 1. The SMILES string of the molecule is Cc1c(C(=O)O)nnn1C1CCCOC1. The van der Waals surface area contributed by atoms with Gasteiger partial charge in [-0.25, -0.2) is 9.48 Å². The Hall–Kier alpha value is -1.43. The molecule has 1 unspecified atom stereocenters. The van der Waals surface area contributed by atoms with Crippen LogP contribution in [0.2, 0.25) is 0 Å². The number of hydrogen-bond donors (Lipinski definition) is 1. The van der Waals surface area contributed by atoms with Crippen LogP contribution in [-0.2, 0) is 4.74 Å². The first-order chi connectivity index (χ1) is 7.20. The van der Waals surface area contributed by atoms with Gasteiger partial charge in [0, 0.05) is 6.61 Å². The number of nitrogens with zero attached hydrogens (tertiary/aromatic N) is 3. The van der Waals surface area contributed by atoms with Gasteiger partial charge in [0.15, 0.2) is 5.69 Å². The maximum Gasteiger partial charge on any atom is 0.358 e. The molecule has 0 aromatic carbocycles. The highest BCUT2D eigenvalue weighted by atomic mass is 16.5. The lowest BCUT2D eigenvalue weighted by Gasteiger charge is -2.22. The second kappa shape index (κ2) is 3.98. The Morgan fingerprint density at radius 2 is 2.47 bits per heavy atom. The second-order valence-electron chi connectivity index (χ2n) is 3.64. The lowest BCUT2D eigenvalue weighted by atomic mass is 10.1. The van der Waals surface area contributed by atoms with Crippen LogP contribution in [0.5, 0.6) is 0 Å². The van der Waals surface area contributed by atoms with Crippen LogP contribution in [0.25, 0.3) is 0 Å². The van der Waals surface area contributed by atoms with Crippen LogP contribution in [0, 0.1) is 6.92 Å². The van der Waals surface area contributed by atoms with E-state index in [0.717, 1.165) is 19.4 Å². The number of rotatable bonds is 2. The molecule has 1 N–H and O–H groups in total. The third-order valence-electron chi connectivity index (χ3n) is 2.61. The lowest BCUT2D eigenvalue weighted by Crippen LogP contribution is -2.23. The van der Waals surface area contributed by atoms with E-state index in [4.69, 9.17) is 9.84 Å². The van der Waals surface area contributed by atoms with E-state index in [2.05, 4.69) is 10.3 Å². The number of carboxylic acid groups (broad SMARTS) is 1. The molecule has 1 aromatic rings. The Labute approximate surface area is 86.8 Å². The molecule has 1 atom stereocenters. The van der Waals surface area contributed by atoms with Crippen molar-refractivity contribution in [2.75, 3.05) is 13.2 Å². The van der Waals surface area contributed by atoms with E-state index in [1.807, 2.05) is 0 Å². The summed E-state index contributed by atoms with van der Waals surface area (Å²) in [6, 6.07) is 0.124. The number of carboxylic acids is 1. The summed E-state index contributed by atoms with van der Waals surface area (Å²) in [5.41, 5.74) is 0.624. The first kappa shape index (κ1) is 10.1. The zero-order valence-electron chi connectivity index (χ0n) is 8.51. The molecule has 0 radical (unpaired) electrons. The van der Waals surface area contributed by atoms with Crippen LogP contribution >= 0.6 is 0 Å². The van der Waals surface area contributed by atoms with Gasteiger partial charge in [-0.05, 0) is 19.8 Å². The zero-order chi connectivity index (χ0) is 10.8. The van der Waals surface area contributed by atoms with Gasteiger partial charge >= 0.3 is 5.97 Å². The van der Waals surface area contributed by atoms with Gasteiger partial charge in [-0.15, -0.1) is 5.10 Å². The van der Waals surface area contributed by atoms with Crippen LogP contribution in [0.15, 0.2) is 0 Å². The van der Waals surface area contributed by atoms with Crippen molar-refractivity contribution in [2.45, 2.75) is 25.8 Å². The highest BCUT2D eigenvalue weighted by Crippen LogP contribution is 2.20. The molecule has 0 bridgehead atoms. The molecule has 6 nitrogen and oxygen atoms in total. The van der Waals surface area contributed by atoms with Crippen molar-refractivity contribution in [3.05, 3.63) is 11.4 Å². The van der Waals surface area contributed by atoms with Gasteiger partial charge in [0.1, 0.15) is 0 Å². The number of aromatic nitrogens is 3. The molecule has 2 heterocycles. The molecule has 1 fully saturated rings. The van der Waals surface area contributed by atoms with Crippen LogP contribution in [-0.4, -0.2) is 39.3 Å².